The van der Waals surface area contributed by atoms with Crippen LogP contribution in [0.4, 0.5) is 4.39 Å². The Morgan fingerprint density at radius 1 is 1.28 bits per heavy atom. The minimum absolute atomic E-state index is 0.0177. The summed E-state index contributed by atoms with van der Waals surface area (Å²) < 4.78 is 15.9. The molecule has 0 amide bonds. The molecule has 0 spiro atoms. The number of carboxylic acid groups (broad SMARTS) is 1. The number of hydrogen-bond donors (Lipinski definition) is 2. The number of fused-ring (bicyclic) bond motifs is 1. The van der Waals surface area contributed by atoms with Crippen LogP contribution >= 0.6 is 11.6 Å². The first-order chi connectivity index (χ1) is 13.9. The van der Waals surface area contributed by atoms with Crippen LogP contribution in [0.25, 0.3) is 10.9 Å². The average Bonchev–Trinajstić information content (AvgIpc) is 2.70. The van der Waals surface area contributed by atoms with Gasteiger partial charge in [0.05, 0.1) is 23.2 Å². The summed E-state index contributed by atoms with van der Waals surface area (Å²) in [7, 11) is 0. The van der Waals surface area contributed by atoms with Crippen LogP contribution in [0, 0.1) is 5.82 Å². The van der Waals surface area contributed by atoms with Gasteiger partial charge in [0.15, 0.2) is 0 Å². The van der Waals surface area contributed by atoms with Gasteiger partial charge in [-0.05, 0) is 35.7 Å². The van der Waals surface area contributed by atoms with Crippen LogP contribution in [-0.2, 0) is 6.42 Å². The Labute approximate surface area is 172 Å². The lowest BCUT2D eigenvalue weighted by Gasteiger charge is -2.21. The van der Waals surface area contributed by atoms with E-state index in [1.54, 1.807) is 34.9 Å². The summed E-state index contributed by atoms with van der Waals surface area (Å²) in [4.78, 5) is 24.4. The number of hydrogen-bond acceptors (Lipinski definition) is 3. The topological polar surface area (TPSA) is 79.5 Å². The monoisotopic (exact) mass is 417 g/mol. The standard InChI is InChI=1S/C22H21ClFNO4/c1-2-4-15(12-26)25-11-17(22(28)29)21(27)16-10-13(7-8-19(16)25)9-14-5-3-6-18(23)20(14)24/h3,5-8,10-11,15,26H,2,4,9,12H2,1H3,(H,28,29)/t15-/m0/s1. The summed E-state index contributed by atoms with van der Waals surface area (Å²) in [6.07, 6.45) is 2.91. The Bertz CT molecular complexity index is 1130. The second-order valence-electron chi connectivity index (χ2n) is 6.95. The van der Waals surface area contributed by atoms with Crippen LogP contribution in [0.3, 0.4) is 0 Å². The Balaban J connectivity index is 2.18. The number of carbonyl (C=O) groups is 1. The Kier molecular flexibility index (Phi) is 6.35. The highest BCUT2D eigenvalue weighted by Gasteiger charge is 2.19. The maximum atomic E-state index is 14.2. The van der Waals surface area contributed by atoms with Crippen LogP contribution in [0.5, 0.6) is 0 Å². The van der Waals surface area contributed by atoms with Crippen molar-refractivity contribution in [3.63, 3.8) is 0 Å². The molecule has 0 aliphatic rings. The molecule has 152 valence electrons. The number of benzene rings is 2. The molecule has 2 aromatic carbocycles. The van der Waals surface area contributed by atoms with Crippen molar-refractivity contribution in [2.24, 2.45) is 0 Å². The van der Waals surface area contributed by atoms with Gasteiger partial charge in [-0.1, -0.05) is 43.1 Å². The van der Waals surface area contributed by atoms with Gasteiger partial charge >= 0.3 is 5.97 Å². The molecule has 0 unspecified atom stereocenters. The van der Waals surface area contributed by atoms with Crippen molar-refractivity contribution >= 4 is 28.5 Å². The van der Waals surface area contributed by atoms with Gasteiger partial charge in [-0.3, -0.25) is 4.79 Å². The molecule has 5 nitrogen and oxygen atoms in total. The highest BCUT2D eigenvalue weighted by atomic mass is 35.5. The Morgan fingerprint density at radius 2 is 2.03 bits per heavy atom. The van der Waals surface area contributed by atoms with E-state index >= 15 is 0 Å². The number of carboxylic acids is 1. The van der Waals surface area contributed by atoms with E-state index in [2.05, 4.69) is 0 Å². The minimum atomic E-state index is -1.33. The van der Waals surface area contributed by atoms with Gasteiger partial charge < -0.3 is 14.8 Å². The van der Waals surface area contributed by atoms with E-state index in [1.165, 1.54) is 12.3 Å². The van der Waals surface area contributed by atoms with Crippen LogP contribution in [0.2, 0.25) is 5.02 Å². The summed E-state index contributed by atoms with van der Waals surface area (Å²) in [5.41, 5.74) is 0.595. The molecule has 7 heteroatoms. The molecule has 2 N–H and O–H groups in total. The van der Waals surface area contributed by atoms with E-state index in [9.17, 15) is 24.2 Å². The first-order valence-electron chi connectivity index (χ1n) is 9.32. The first kappa shape index (κ1) is 21.0. The third-order valence-corrected chi connectivity index (χ3v) is 5.27. The Hall–Kier alpha value is -2.70. The summed E-state index contributed by atoms with van der Waals surface area (Å²) in [6, 6.07) is 9.42. The number of rotatable bonds is 7. The van der Waals surface area contributed by atoms with Crippen LogP contribution in [0.1, 0.15) is 47.3 Å². The van der Waals surface area contributed by atoms with Gasteiger partial charge in [0, 0.05) is 18.0 Å². The van der Waals surface area contributed by atoms with Crippen LogP contribution in [0.15, 0.2) is 47.4 Å². The van der Waals surface area contributed by atoms with Crippen molar-refractivity contribution in [1.29, 1.82) is 0 Å². The molecule has 3 rings (SSSR count). The summed E-state index contributed by atoms with van der Waals surface area (Å²) in [5, 5.41) is 19.5. The molecule has 0 saturated heterocycles. The molecule has 0 radical (unpaired) electrons. The molecule has 0 aliphatic heterocycles. The van der Waals surface area contributed by atoms with Gasteiger partial charge in [-0.15, -0.1) is 0 Å². The van der Waals surface area contributed by atoms with Crippen LogP contribution in [-0.4, -0.2) is 27.4 Å². The molecule has 0 saturated carbocycles. The lowest BCUT2D eigenvalue weighted by atomic mass is 10.0. The van der Waals surface area contributed by atoms with E-state index in [0.717, 1.165) is 6.42 Å². The number of pyridine rings is 1. The molecule has 1 atom stereocenters. The van der Waals surface area contributed by atoms with Crippen molar-refractivity contribution in [2.45, 2.75) is 32.2 Å². The Morgan fingerprint density at radius 3 is 2.69 bits per heavy atom. The van der Waals surface area contributed by atoms with E-state index in [4.69, 9.17) is 11.6 Å². The predicted octanol–water partition coefficient (Wildman–Crippen LogP) is 4.42. The fourth-order valence-electron chi connectivity index (χ4n) is 3.52. The molecule has 0 aliphatic carbocycles. The van der Waals surface area contributed by atoms with Crippen molar-refractivity contribution in [3.05, 3.63) is 80.3 Å². The zero-order chi connectivity index (χ0) is 21.1. The van der Waals surface area contributed by atoms with Crippen LogP contribution < -0.4 is 5.43 Å². The highest BCUT2D eigenvalue weighted by molar-refractivity contribution is 6.30. The number of aliphatic hydroxyl groups is 1. The highest BCUT2D eigenvalue weighted by Crippen LogP contribution is 2.25. The lowest BCUT2D eigenvalue weighted by molar-refractivity contribution is 0.0694. The fraction of sp³-hybridized carbons (Fsp3) is 0.273. The molecule has 3 aromatic rings. The average molecular weight is 418 g/mol. The number of nitrogens with zero attached hydrogens (tertiary/aromatic N) is 1. The maximum Gasteiger partial charge on any atom is 0.341 e. The smallest absolute Gasteiger partial charge is 0.341 e. The SMILES string of the molecule is CCC[C@@H](CO)n1cc(C(=O)O)c(=O)c2cc(Cc3cccc(Cl)c3F)ccc21. The summed E-state index contributed by atoms with van der Waals surface area (Å²) in [6.45, 7) is 1.78. The molecule has 1 aromatic heterocycles. The second kappa shape index (κ2) is 8.76. The third-order valence-electron chi connectivity index (χ3n) is 4.98. The summed E-state index contributed by atoms with van der Waals surface area (Å²) >= 11 is 5.84. The quantitative estimate of drug-likeness (QED) is 0.596. The van der Waals surface area contributed by atoms with E-state index < -0.39 is 17.2 Å². The molecule has 29 heavy (non-hydrogen) atoms. The zero-order valence-electron chi connectivity index (χ0n) is 15.9. The van der Waals surface area contributed by atoms with Gasteiger partial charge in [0.1, 0.15) is 11.4 Å². The molecule has 0 bridgehead atoms. The van der Waals surface area contributed by atoms with E-state index in [0.29, 0.717) is 23.1 Å². The fourth-order valence-corrected chi connectivity index (χ4v) is 3.72. The normalized spacial score (nSPS) is 12.3. The molecule has 1 heterocycles. The number of halogens is 2. The van der Waals surface area contributed by atoms with Crippen molar-refractivity contribution < 1.29 is 19.4 Å². The predicted molar refractivity (Wildman–Crippen MR) is 110 cm³/mol. The molecular formula is C22H21ClFNO4. The van der Waals surface area contributed by atoms with Gasteiger partial charge in [0.2, 0.25) is 5.43 Å². The minimum Gasteiger partial charge on any atom is -0.477 e. The van der Waals surface area contributed by atoms with E-state index in [1.807, 2.05) is 6.92 Å². The van der Waals surface area contributed by atoms with Crippen molar-refractivity contribution in [3.8, 4) is 0 Å². The third kappa shape index (κ3) is 4.18. The second-order valence-corrected chi connectivity index (χ2v) is 7.36. The lowest BCUT2D eigenvalue weighted by Crippen LogP contribution is -2.22. The largest absolute Gasteiger partial charge is 0.477 e. The number of aromatic carboxylic acids is 1. The number of aliphatic hydroxyl groups excluding tert-OH is 1. The van der Waals surface area contributed by atoms with Crippen molar-refractivity contribution in [1.82, 2.24) is 4.57 Å². The van der Waals surface area contributed by atoms with Crippen molar-refractivity contribution in [2.75, 3.05) is 6.61 Å². The first-order valence-corrected chi connectivity index (χ1v) is 9.70. The van der Waals surface area contributed by atoms with Gasteiger partial charge in [-0.25, -0.2) is 9.18 Å². The molecular weight excluding hydrogens is 397 g/mol. The summed E-state index contributed by atoms with van der Waals surface area (Å²) in [5.74, 6) is -1.85. The van der Waals surface area contributed by atoms with Gasteiger partial charge in [0.25, 0.3) is 0 Å². The number of aromatic nitrogens is 1. The molecule has 0 fully saturated rings. The zero-order valence-corrected chi connectivity index (χ0v) is 16.6. The van der Waals surface area contributed by atoms with E-state index in [-0.39, 0.29) is 35.0 Å². The van der Waals surface area contributed by atoms with Gasteiger partial charge in [-0.2, -0.15) is 0 Å². The maximum absolute atomic E-state index is 14.2.